The fraction of sp³-hybridized carbons (Fsp3) is 0. The summed E-state index contributed by atoms with van der Waals surface area (Å²) in [5, 5.41) is 4.94. The quantitative estimate of drug-likeness (QED) is 0.144. The summed E-state index contributed by atoms with van der Waals surface area (Å²) in [5.41, 5.74) is 18.8. The minimum absolute atomic E-state index is 0.590. The van der Waals surface area contributed by atoms with Gasteiger partial charge in [-0.15, -0.1) is 0 Å². The lowest BCUT2D eigenvalue weighted by Crippen LogP contribution is -1.99. The van der Waals surface area contributed by atoms with Crippen molar-refractivity contribution in [3.63, 3.8) is 0 Å². The zero-order valence-corrected chi connectivity index (χ0v) is 40.0. The van der Waals surface area contributed by atoms with Gasteiger partial charge in [-0.3, -0.25) is 9.97 Å². The molecule has 7 heteroatoms. The number of hydrogen-bond acceptors (Lipinski definition) is 5. The average Bonchev–Trinajstić information content (AvgIpc) is 4.01. The van der Waals surface area contributed by atoms with E-state index in [1.54, 1.807) is 6.20 Å². The predicted molar refractivity (Wildman–Crippen MR) is 302 cm³/mol. The third kappa shape index (κ3) is 7.59. The van der Waals surface area contributed by atoms with Crippen molar-refractivity contribution in [1.29, 1.82) is 0 Å². The summed E-state index contributed by atoms with van der Waals surface area (Å²) in [4.78, 5) is 25.2. The van der Waals surface area contributed by atoms with E-state index in [2.05, 4.69) is 228 Å². The molecule has 0 N–H and O–H groups in total. The summed E-state index contributed by atoms with van der Waals surface area (Å²) in [6, 6.07) is 87.2. The van der Waals surface area contributed by atoms with Crippen molar-refractivity contribution in [1.82, 2.24) is 34.1 Å². The number of pyridine rings is 3. The molecule has 0 bridgehead atoms. The molecule has 0 aliphatic carbocycles. The van der Waals surface area contributed by atoms with Crippen molar-refractivity contribution in [2.75, 3.05) is 0 Å². The van der Waals surface area contributed by atoms with Crippen LogP contribution in [0.2, 0.25) is 0 Å². The molecule has 0 amide bonds. The first-order valence-corrected chi connectivity index (χ1v) is 24.8. The van der Waals surface area contributed by atoms with Crippen LogP contribution in [-0.2, 0) is 0 Å². The van der Waals surface area contributed by atoms with E-state index in [1.807, 2.05) is 36.5 Å². The van der Waals surface area contributed by atoms with E-state index in [1.165, 1.54) is 32.6 Å². The van der Waals surface area contributed by atoms with E-state index in [-0.39, 0.29) is 0 Å². The van der Waals surface area contributed by atoms with Gasteiger partial charge in [0, 0.05) is 62.0 Å². The Kier molecular flexibility index (Phi) is 10.4. The minimum atomic E-state index is 0.590. The van der Waals surface area contributed by atoms with Crippen LogP contribution in [0, 0.1) is 0 Å². The highest BCUT2D eigenvalue weighted by atomic mass is 15.0. The molecular weight excluding hydrogens is 903 g/mol. The number of benzene rings is 8. The molecule has 346 valence electrons. The van der Waals surface area contributed by atoms with Crippen LogP contribution >= 0.6 is 0 Å². The van der Waals surface area contributed by atoms with Crippen LogP contribution in [0.3, 0.4) is 0 Å². The van der Waals surface area contributed by atoms with Gasteiger partial charge >= 0.3 is 0 Å². The molecule has 0 radical (unpaired) electrons. The molecule has 0 aliphatic rings. The summed E-state index contributed by atoms with van der Waals surface area (Å²) in [7, 11) is 0. The van der Waals surface area contributed by atoms with Gasteiger partial charge in [-0.25, -0.2) is 15.0 Å². The molecule has 0 unspecified atom stereocenters. The molecule has 0 fully saturated rings. The molecule has 6 aromatic heterocycles. The summed E-state index contributed by atoms with van der Waals surface area (Å²) in [6.45, 7) is 0. The van der Waals surface area contributed by atoms with Crippen LogP contribution < -0.4 is 0 Å². The second-order valence-corrected chi connectivity index (χ2v) is 18.5. The lowest BCUT2D eigenvalue weighted by Gasteiger charge is -2.13. The molecule has 7 nitrogen and oxygen atoms in total. The van der Waals surface area contributed by atoms with Crippen LogP contribution in [-0.4, -0.2) is 34.1 Å². The molecule has 74 heavy (non-hydrogen) atoms. The summed E-state index contributed by atoms with van der Waals surface area (Å²) < 4.78 is 4.67. The highest BCUT2D eigenvalue weighted by molar-refractivity contribution is 6.10. The van der Waals surface area contributed by atoms with Gasteiger partial charge in [0.15, 0.2) is 5.82 Å². The van der Waals surface area contributed by atoms with Crippen molar-refractivity contribution in [3.8, 4) is 90.3 Å². The van der Waals surface area contributed by atoms with Gasteiger partial charge in [0.1, 0.15) is 0 Å². The van der Waals surface area contributed by atoms with Gasteiger partial charge in [0.05, 0.1) is 56.2 Å². The predicted octanol–water partition coefficient (Wildman–Crippen LogP) is 16.5. The Bertz CT molecular complexity index is 4010. The number of hydrogen-bond donors (Lipinski definition) is 0. The van der Waals surface area contributed by atoms with Crippen LogP contribution in [0.1, 0.15) is 0 Å². The second kappa shape index (κ2) is 17.9. The Hall–Kier alpha value is -10.1. The van der Waals surface area contributed by atoms with Gasteiger partial charge in [0.2, 0.25) is 0 Å². The zero-order chi connectivity index (χ0) is 49.0. The molecule has 0 saturated carbocycles. The number of nitrogens with zero attached hydrogens (tertiary/aromatic N) is 7. The van der Waals surface area contributed by atoms with Crippen LogP contribution in [0.5, 0.6) is 0 Å². The fourth-order valence-corrected chi connectivity index (χ4v) is 10.5. The molecule has 14 aromatic rings. The molecule has 0 saturated heterocycles. The highest BCUT2D eigenvalue weighted by Gasteiger charge is 2.17. The van der Waals surface area contributed by atoms with Crippen molar-refractivity contribution in [2.24, 2.45) is 0 Å². The molecule has 14 rings (SSSR count). The van der Waals surface area contributed by atoms with Gasteiger partial charge in [-0.05, 0) is 131 Å². The number of rotatable bonds is 9. The van der Waals surface area contributed by atoms with E-state index in [4.69, 9.17) is 24.9 Å². The van der Waals surface area contributed by atoms with E-state index in [9.17, 15) is 0 Å². The van der Waals surface area contributed by atoms with E-state index < -0.39 is 0 Å². The highest BCUT2D eigenvalue weighted by Crippen LogP contribution is 2.37. The van der Waals surface area contributed by atoms with Crippen molar-refractivity contribution < 1.29 is 0 Å². The van der Waals surface area contributed by atoms with Crippen molar-refractivity contribution >= 4 is 43.6 Å². The second-order valence-electron chi connectivity index (χ2n) is 18.5. The minimum Gasteiger partial charge on any atom is -0.309 e. The van der Waals surface area contributed by atoms with Gasteiger partial charge < -0.3 is 9.13 Å². The normalized spacial score (nSPS) is 11.5. The van der Waals surface area contributed by atoms with Crippen molar-refractivity contribution in [2.45, 2.75) is 0 Å². The first-order valence-electron chi connectivity index (χ1n) is 24.8. The lowest BCUT2D eigenvalue weighted by atomic mass is 9.97. The Labute approximate surface area is 427 Å². The monoisotopic (exact) mass is 945 g/mol. The molecule has 0 aliphatic heterocycles. The number of para-hydroxylation sites is 4. The van der Waals surface area contributed by atoms with Gasteiger partial charge in [-0.1, -0.05) is 140 Å². The van der Waals surface area contributed by atoms with E-state index in [0.717, 1.165) is 84.1 Å². The van der Waals surface area contributed by atoms with Crippen LogP contribution in [0.4, 0.5) is 0 Å². The molecule has 0 atom stereocenters. The third-order valence-electron chi connectivity index (χ3n) is 14.1. The van der Waals surface area contributed by atoms with E-state index in [0.29, 0.717) is 17.2 Å². The maximum Gasteiger partial charge on any atom is 0.160 e. The Morgan fingerprint density at radius 1 is 0.230 bits per heavy atom. The van der Waals surface area contributed by atoms with Crippen molar-refractivity contribution in [3.05, 3.63) is 261 Å². The van der Waals surface area contributed by atoms with Gasteiger partial charge in [-0.2, -0.15) is 0 Å². The average molecular weight is 946 g/mol. The van der Waals surface area contributed by atoms with E-state index >= 15 is 0 Å². The molecule has 8 aromatic carbocycles. The molecule has 6 heterocycles. The summed E-state index contributed by atoms with van der Waals surface area (Å²) in [6.07, 6.45) is 3.65. The van der Waals surface area contributed by atoms with Gasteiger partial charge in [0.25, 0.3) is 0 Å². The number of fused-ring (bicyclic) bond motifs is 6. The SMILES string of the molecule is c1ccc(-c2cc(-c3ccc(-n4c5ccccc5c5ccccc54)cc3)cc(-c3cccc(-c4ccnc(-c5cc(-c6ccccn6)nc(-c6ccc(-n7c8ccccc8c8ccccc87)cc6)n5)c4)c3)n2)cc1. The Morgan fingerprint density at radius 3 is 1.27 bits per heavy atom. The Morgan fingerprint density at radius 2 is 0.689 bits per heavy atom. The van der Waals surface area contributed by atoms with Crippen LogP contribution in [0.15, 0.2) is 261 Å². The summed E-state index contributed by atoms with van der Waals surface area (Å²) in [5.74, 6) is 0.590. The van der Waals surface area contributed by atoms with Crippen LogP contribution in [0.25, 0.3) is 134 Å². The number of aromatic nitrogens is 7. The summed E-state index contributed by atoms with van der Waals surface area (Å²) >= 11 is 0. The zero-order valence-electron chi connectivity index (χ0n) is 40.0. The topological polar surface area (TPSA) is 74.3 Å². The first-order chi connectivity index (χ1) is 36.7. The maximum atomic E-state index is 5.31. The lowest BCUT2D eigenvalue weighted by molar-refractivity contribution is 1.14. The standard InChI is InChI=1S/C67H43N7/c1-2-15-45(16-3-1)58-41-50(44-28-32-51(33-29-44)73-63-24-8-4-19-53(63)54-20-5-9-25-64(54)73)42-59(70-58)49-18-14-17-47(39-49)48-36-38-69-60(40-48)62-43-61(57-23-12-13-37-68-57)71-67(72-62)46-30-34-52(35-31-46)74-65-26-10-6-21-55(65)56-22-7-11-27-66(56)74/h1-43H. The largest absolute Gasteiger partial charge is 0.309 e. The maximum absolute atomic E-state index is 5.31. The molecular formula is C67H43N7. The Balaban J connectivity index is 0.821. The smallest absolute Gasteiger partial charge is 0.160 e. The fourth-order valence-electron chi connectivity index (χ4n) is 10.5. The molecule has 0 spiro atoms. The first kappa shape index (κ1) is 42.7. The third-order valence-corrected chi connectivity index (χ3v) is 14.1.